The monoisotopic (exact) mass is 290 g/mol. The van der Waals surface area contributed by atoms with Crippen LogP contribution in [-0.4, -0.2) is 27.9 Å². The number of hydrogen-bond acceptors (Lipinski definition) is 5. The lowest BCUT2D eigenvalue weighted by atomic mass is 9.96. The van der Waals surface area contributed by atoms with E-state index in [1.165, 1.54) is 6.20 Å². The number of aryl methyl sites for hydroxylation is 2. The van der Waals surface area contributed by atoms with Crippen molar-refractivity contribution in [1.29, 1.82) is 0 Å². The fourth-order valence-corrected chi connectivity index (χ4v) is 2.04. The van der Waals surface area contributed by atoms with E-state index in [2.05, 4.69) is 20.8 Å². The van der Waals surface area contributed by atoms with Gasteiger partial charge in [-0.15, -0.1) is 5.10 Å². The Bertz CT molecular complexity index is 622. The second-order valence-electron chi connectivity index (χ2n) is 5.02. The molecule has 112 valence electrons. The topological polar surface area (TPSA) is 100 Å². The number of furan rings is 1. The summed E-state index contributed by atoms with van der Waals surface area (Å²) in [5.41, 5.74) is -0.568. The van der Waals surface area contributed by atoms with Crippen LogP contribution in [0.1, 0.15) is 24.0 Å². The highest BCUT2D eigenvalue weighted by molar-refractivity contribution is 5.88. The average Bonchev–Trinajstić information content (AvgIpc) is 2.78. The summed E-state index contributed by atoms with van der Waals surface area (Å²) in [5, 5.41) is 23.0. The van der Waals surface area contributed by atoms with Crippen molar-refractivity contribution in [2.45, 2.75) is 26.4 Å². The molecule has 21 heavy (non-hydrogen) atoms. The van der Waals surface area contributed by atoms with E-state index >= 15 is 0 Å². The van der Waals surface area contributed by atoms with Gasteiger partial charge in [-0.25, -0.2) is 4.79 Å². The number of carbonyl (C=O) groups is 1. The first kappa shape index (κ1) is 15.0. The molecule has 7 heteroatoms. The van der Waals surface area contributed by atoms with Gasteiger partial charge in [0.05, 0.1) is 6.54 Å². The number of carbonyl (C=O) groups excluding carboxylic acids is 1. The van der Waals surface area contributed by atoms with Crippen LogP contribution in [0.3, 0.4) is 0 Å². The highest BCUT2D eigenvalue weighted by Crippen LogP contribution is 2.26. The molecule has 3 N–H and O–H groups in total. The van der Waals surface area contributed by atoms with Gasteiger partial charge in [-0.3, -0.25) is 5.32 Å². The van der Waals surface area contributed by atoms with Crippen molar-refractivity contribution in [3.05, 3.63) is 41.5 Å². The summed E-state index contributed by atoms with van der Waals surface area (Å²) < 4.78 is 5.40. The van der Waals surface area contributed by atoms with Crippen molar-refractivity contribution >= 4 is 11.8 Å². The first-order valence-corrected chi connectivity index (χ1v) is 6.51. The van der Waals surface area contributed by atoms with Crippen molar-refractivity contribution in [2.75, 3.05) is 11.9 Å². The summed E-state index contributed by atoms with van der Waals surface area (Å²) in [6, 6.07) is 4.58. The quantitative estimate of drug-likeness (QED) is 0.796. The van der Waals surface area contributed by atoms with Gasteiger partial charge >= 0.3 is 6.03 Å². The molecule has 0 saturated carbocycles. The van der Waals surface area contributed by atoms with Crippen LogP contribution in [0.15, 0.2) is 28.8 Å². The van der Waals surface area contributed by atoms with E-state index in [1.807, 2.05) is 0 Å². The van der Waals surface area contributed by atoms with E-state index in [4.69, 9.17) is 4.42 Å². The maximum absolute atomic E-state index is 11.8. The van der Waals surface area contributed by atoms with E-state index in [-0.39, 0.29) is 6.54 Å². The van der Waals surface area contributed by atoms with Crippen molar-refractivity contribution in [3.8, 4) is 0 Å². The summed E-state index contributed by atoms with van der Waals surface area (Å²) in [5.74, 6) is 1.69. The third-order valence-corrected chi connectivity index (χ3v) is 3.03. The van der Waals surface area contributed by atoms with Crippen LogP contribution in [0.25, 0.3) is 0 Å². The van der Waals surface area contributed by atoms with Gasteiger partial charge in [0.15, 0.2) is 5.82 Å². The second kappa shape index (κ2) is 5.92. The van der Waals surface area contributed by atoms with E-state index in [0.29, 0.717) is 22.9 Å². The van der Waals surface area contributed by atoms with Gasteiger partial charge in [-0.1, -0.05) is 0 Å². The molecular weight excluding hydrogens is 272 g/mol. The van der Waals surface area contributed by atoms with Crippen LogP contribution in [-0.2, 0) is 5.60 Å². The number of hydrogen-bond donors (Lipinski definition) is 3. The molecule has 2 heterocycles. The molecule has 0 bridgehead atoms. The molecule has 1 unspecified atom stereocenters. The molecule has 0 fully saturated rings. The summed E-state index contributed by atoms with van der Waals surface area (Å²) >= 11 is 0. The molecular formula is C14H18N4O3. The Morgan fingerprint density at radius 3 is 2.81 bits per heavy atom. The molecule has 2 aromatic heterocycles. The number of aliphatic hydroxyl groups is 1. The molecule has 0 radical (unpaired) electrons. The summed E-state index contributed by atoms with van der Waals surface area (Å²) in [4.78, 5) is 11.8. The molecule has 2 amide bonds. The highest BCUT2D eigenvalue weighted by atomic mass is 16.3. The van der Waals surface area contributed by atoms with Gasteiger partial charge in [0.2, 0.25) is 0 Å². The fraction of sp³-hybridized carbons (Fsp3) is 0.357. The first-order valence-electron chi connectivity index (χ1n) is 6.51. The highest BCUT2D eigenvalue weighted by Gasteiger charge is 2.28. The van der Waals surface area contributed by atoms with Gasteiger partial charge in [0, 0.05) is 11.8 Å². The number of anilines is 1. The zero-order chi connectivity index (χ0) is 15.5. The third-order valence-electron chi connectivity index (χ3n) is 3.03. The minimum atomic E-state index is -1.22. The van der Waals surface area contributed by atoms with Gasteiger partial charge in [0.25, 0.3) is 0 Å². The minimum Gasteiger partial charge on any atom is -0.466 e. The lowest BCUT2D eigenvalue weighted by Crippen LogP contribution is -2.40. The van der Waals surface area contributed by atoms with Crippen LogP contribution in [0, 0.1) is 13.8 Å². The summed E-state index contributed by atoms with van der Waals surface area (Å²) in [6.45, 7) is 5.24. The number of amides is 2. The Kier molecular flexibility index (Phi) is 4.23. The lowest BCUT2D eigenvalue weighted by molar-refractivity contribution is 0.0584. The second-order valence-corrected chi connectivity index (χ2v) is 5.02. The standard InChI is InChI=1S/C14H18N4O3/c1-9-7-11(10(2)21-9)14(3,20)8-15-13(19)17-12-5-4-6-16-18-12/h4-7,20H,8H2,1-3H3,(H2,15,17,18,19). The number of rotatable bonds is 4. The number of nitrogens with one attached hydrogen (secondary N) is 2. The molecule has 0 aliphatic heterocycles. The Labute approximate surface area is 122 Å². The first-order chi connectivity index (χ1) is 9.88. The lowest BCUT2D eigenvalue weighted by Gasteiger charge is -2.23. The molecule has 0 aliphatic carbocycles. The van der Waals surface area contributed by atoms with Crippen molar-refractivity contribution in [2.24, 2.45) is 0 Å². The van der Waals surface area contributed by atoms with Crippen molar-refractivity contribution in [1.82, 2.24) is 15.5 Å². The molecule has 0 aliphatic rings. The molecule has 2 rings (SSSR count). The molecule has 0 spiro atoms. The molecule has 2 aromatic rings. The Hall–Kier alpha value is -2.41. The molecule has 1 atom stereocenters. The van der Waals surface area contributed by atoms with Crippen molar-refractivity contribution in [3.63, 3.8) is 0 Å². The van der Waals surface area contributed by atoms with Crippen LogP contribution < -0.4 is 10.6 Å². The summed E-state index contributed by atoms with van der Waals surface area (Å²) in [6.07, 6.45) is 1.51. The van der Waals surface area contributed by atoms with E-state index in [0.717, 1.165) is 0 Å². The van der Waals surface area contributed by atoms with Crippen LogP contribution >= 0.6 is 0 Å². The SMILES string of the molecule is Cc1cc(C(C)(O)CNC(=O)Nc2cccnn2)c(C)o1. The predicted molar refractivity (Wildman–Crippen MR) is 76.8 cm³/mol. The maximum atomic E-state index is 11.8. The molecule has 0 aromatic carbocycles. The van der Waals surface area contributed by atoms with Crippen LogP contribution in [0.4, 0.5) is 10.6 Å². The molecule has 7 nitrogen and oxygen atoms in total. The number of urea groups is 1. The maximum Gasteiger partial charge on any atom is 0.320 e. The summed E-state index contributed by atoms with van der Waals surface area (Å²) in [7, 11) is 0. The normalized spacial score (nSPS) is 13.5. The zero-order valence-electron chi connectivity index (χ0n) is 12.2. The Morgan fingerprint density at radius 1 is 1.48 bits per heavy atom. The van der Waals surface area contributed by atoms with Crippen LogP contribution in [0.2, 0.25) is 0 Å². The van der Waals surface area contributed by atoms with Gasteiger partial charge < -0.3 is 14.8 Å². The van der Waals surface area contributed by atoms with Gasteiger partial charge in [0.1, 0.15) is 17.1 Å². The minimum absolute atomic E-state index is 0.0406. The Balaban J connectivity index is 1.95. The molecule has 0 saturated heterocycles. The van der Waals surface area contributed by atoms with Gasteiger partial charge in [-0.05, 0) is 39.0 Å². The number of nitrogens with zero attached hydrogens (tertiary/aromatic N) is 2. The zero-order valence-corrected chi connectivity index (χ0v) is 12.2. The largest absolute Gasteiger partial charge is 0.466 e. The number of aromatic nitrogens is 2. The van der Waals surface area contributed by atoms with Crippen LogP contribution in [0.5, 0.6) is 0 Å². The predicted octanol–water partition coefficient (Wildman–Crippen LogP) is 1.72. The van der Waals surface area contributed by atoms with E-state index in [9.17, 15) is 9.90 Å². The fourth-order valence-electron chi connectivity index (χ4n) is 2.04. The van der Waals surface area contributed by atoms with E-state index < -0.39 is 11.6 Å². The average molecular weight is 290 g/mol. The smallest absolute Gasteiger partial charge is 0.320 e. The van der Waals surface area contributed by atoms with E-state index in [1.54, 1.807) is 39.0 Å². The van der Waals surface area contributed by atoms with Crippen molar-refractivity contribution < 1.29 is 14.3 Å². The Morgan fingerprint density at radius 2 is 2.24 bits per heavy atom. The third kappa shape index (κ3) is 3.79. The van der Waals surface area contributed by atoms with Gasteiger partial charge in [-0.2, -0.15) is 5.10 Å².